The largest absolute Gasteiger partial charge is 0.514 e. The summed E-state index contributed by atoms with van der Waals surface area (Å²) in [7, 11) is 6.36. The van der Waals surface area contributed by atoms with Crippen LogP contribution in [0.1, 0.15) is 66.5 Å². The van der Waals surface area contributed by atoms with Crippen molar-refractivity contribution in [3.63, 3.8) is 0 Å². The summed E-state index contributed by atoms with van der Waals surface area (Å²) >= 11 is 1.45. The molecule has 1 fully saturated rings. The first-order valence-electron chi connectivity index (χ1n) is 19.4. The molecule has 1 saturated heterocycles. The number of hydrogen-bond donors (Lipinski definition) is 3. The quantitative estimate of drug-likeness (QED) is 0.0640. The number of hydrazine groups is 1. The molecule has 0 saturated carbocycles. The molecule has 0 bridgehead atoms. The van der Waals surface area contributed by atoms with Crippen molar-refractivity contribution < 1.29 is 42.6 Å². The summed E-state index contributed by atoms with van der Waals surface area (Å²) in [6, 6.07) is 21.7. The van der Waals surface area contributed by atoms with E-state index in [-0.39, 0.29) is 36.7 Å². The van der Waals surface area contributed by atoms with Gasteiger partial charge in [0.25, 0.3) is 0 Å². The van der Waals surface area contributed by atoms with E-state index in [1.807, 2.05) is 65.9 Å². The third-order valence-electron chi connectivity index (χ3n) is 10.6. The van der Waals surface area contributed by atoms with Crippen LogP contribution < -0.4 is 39.7 Å². The molecule has 3 aliphatic heterocycles. The van der Waals surface area contributed by atoms with Crippen LogP contribution >= 0.6 is 11.8 Å². The maximum absolute atomic E-state index is 11.9. The Morgan fingerprint density at radius 1 is 0.935 bits per heavy atom. The summed E-state index contributed by atoms with van der Waals surface area (Å²) in [6.45, 7) is 1.94. The van der Waals surface area contributed by atoms with Gasteiger partial charge < -0.3 is 43.6 Å². The molecule has 5 aromatic rings. The molecule has 0 spiro atoms. The number of fused-ring (bicyclic) bond motifs is 2. The molecular formula is C42H45N9O10S. The first-order chi connectivity index (χ1) is 30.1. The zero-order valence-electron chi connectivity index (χ0n) is 34.7. The van der Waals surface area contributed by atoms with E-state index >= 15 is 0 Å². The highest BCUT2D eigenvalue weighted by Crippen LogP contribution is 2.45. The maximum atomic E-state index is 11.9. The highest BCUT2D eigenvalue weighted by atomic mass is 32.2. The molecule has 3 aromatic heterocycles. The fourth-order valence-corrected chi connectivity index (χ4v) is 8.24. The molecule has 5 atom stereocenters. The minimum Gasteiger partial charge on any atom is -0.493 e. The van der Waals surface area contributed by atoms with Gasteiger partial charge in [0.1, 0.15) is 22.9 Å². The molecule has 6 heterocycles. The Morgan fingerprint density at radius 3 is 2.19 bits per heavy atom. The van der Waals surface area contributed by atoms with Gasteiger partial charge in [-0.15, -0.1) is 11.8 Å². The molecule has 20 heteroatoms. The number of nitro groups is 1. The molecule has 0 amide bonds. The zero-order valence-corrected chi connectivity index (χ0v) is 35.5. The third kappa shape index (κ3) is 8.77. The second kappa shape index (κ2) is 19.2. The topological polar surface area (TPSA) is 223 Å². The van der Waals surface area contributed by atoms with Crippen LogP contribution in [0.15, 0.2) is 94.1 Å². The van der Waals surface area contributed by atoms with Crippen molar-refractivity contribution in [3.8, 4) is 34.8 Å². The number of nitrogens with zero attached hydrogens (tertiary/aromatic N) is 6. The number of pyridine rings is 1. The van der Waals surface area contributed by atoms with Crippen molar-refractivity contribution in [3.05, 3.63) is 122 Å². The van der Waals surface area contributed by atoms with E-state index < -0.39 is 17.2 Å². The van der Waals surface area contributed by atoms with E-state index in [0.717, 1.165) is 21.8 Å². The van der Waals surface area contributed by atoms with Crippen LogP contribution in [-0.2, 0) is 4.74 Å². The Bertz CT molecular complexity index is 2470. The zero-order chi connectivity index (χ0) is 43.9. The number of nitrogens with one attached hydrogen (secondary N) is 3. The molecule has 19 nitrogen and oxygen atoms in total. The number of ether oxygens (including phenoxy) is 6. The SMILES string of the molecule is CCOC(=O)Oc1cnn2c1NC(c1ccccn1)CC2c1ccc(OC)c(OC)c1.COc1ccc(C2CC(c3ccc([N+](=O)[O-])o3)NC3C(C#N)=C(SC)NN32)cc1OC. The van der Waals surface area contributed by atoms with Gasteiger partial charge in [-0.1, -0.05) is 18.2 Å². The van der Waals surface area contributed by atoms with E-state index in [1.165, 1.54) is 24.0 Å². The molecule has 62 heavy (non-hydrogen) atoms. The number of furan rings is 1. The first-order valence-corrected chi connectivity index (χ1v) is 20.6. The van der Waals surface area contributed by atoms with Crippen LogP contribution in [-0.4, -0.2) is 78.3 Å². The minimum atomic E-state index is -0.775. The predicted octanol–water partition coefficient (Wildman–Crippen LogP) is 7.20. The van der Waals surface area contributed by atoms with Gasteiger partial charge in [0.05, 0.1) is 87.8 Å². The lowest BCUT2D eigenvalue weighted by molar-refractivity contribution is -0.402. The second-order valence-electron chi connectivity index (χ2n) is 13.9. The van der Waals surface area contributed by atoms with Gasteiger partial charge in [0.15, 0.2) is 34.6 Å². The molecule has 0 radical (unpaired) electrons. The van der Waals surface area contributed by atoms with Crippen molar-refractivity contribution >= 4 is 29.6 Å². The fourth-order valence-electron chi connectivity index (χ4n) is 7.67. The van der Waals surface area contributed by atoms with Crippen molar-refractivity contribution in [2.45, 2.75) is 50.1 Å². The normalized spacial score (nSPS) is 20.2. The average molecular weight is 868 g/mol. The van der Waals surface area contributed by atoms with Crippen molar-refractivity contribution in [1.29, 1.82) is 5.26 Å². The number of rotatable bonds is 12. The van der Waals surface area contributed by atoms with Crippen LogP contribution in [0.5, 0.6) is 28.7 Å². The molecule has 8 rings (SSSR count). The second-order valence-corrected chi connectivity index (χ2v) is 14.7. The minimum absolute atomic E-state index is 0.118. The summed E-state index contributed by atoms with van der Waals surface area (Å²) in [5.41, 5.74) is 6.70. The van der Waals surface area contributed by atoms with Gasteiger partial charge in [-0.3, -0.25) is 20.4 Å². The summed E-state index contributed by atoms with van der Waals surface area (Å²) < 4.78 is 39.2. The lowest BCUT2D eigenvalue weighted by Crippen LogP contribution is -2.55. The number of hydrogen-bond acceptors (Lipinski definition) is 18. The van der Waals surface area contributed by atoms with Gasteiger partial charge in [-0.05, 0) is 79.6 Å². The van der Waals surface area contributed by atoms with Crippen LogP contribution in [0.4, 0.5) is 16.5 Å². The first kappa shape index (κ1) is 43.1. The standard InChI is InChI=1S/C22H24N4O5.C20H21N5O5S/c1-4-30-22(27)31-20-13-24-26-17(14-8-9-18(28-2)19(11-14)29-3)12-16(25-21(20)26)15-7-5-6-10-23-15;1-28-16-5-4-11(8-17(16)29-2)14-9-13(15-6-7-18(30-15)25(26)27)22-19-12(10-21)20(31-3)23-24(14)19/h5-11,13,16-17,25H,4,12H2,1-3H3;4-8,13-14,19,22-23H,9H2,1-3H3. The van der Waals surface area contributed by atoms with E-state index in [1.54, 1.807) is 52.3 Å². The van der Waals surface area contributed by atoms with Crippen LogP contribution in [0.3, 0.4) is 0 Å². The van der Waals surface area contributed by atoms with E-state index in [4.69, 9.17) is 32.8 Å². The lowest BCUT2D eigenvalue weighted by atomic mass is 9.93. The Balaban J connectivity index is 0.000000186. The number of benzene rings is 2. The predicted molar refractivity (Wildman–Crippen MR) is 226 cm³/mol. The Labute approximate surface area is 361 Å². The van der Waals surface area contributed by atoms with Crippen LogP contribution in [0.25, 0.3) is 0 Å². The van der Waals surface area contributed by atoms with Gasteiger partial charge >= 0.3 is 12.0 Å². The fraction of sp³-hybridized carbons (Fsp3) is 0.333. The number of aromatic nitrogens is 3. The van der Waals surface area contributed by atoms with Crippen molar-refractivity contribution in [2.75, 3.05) is 46.6 Å². The Morgan fingerprint density at radius 2 is 1.61 bits per heavy atom. The highest BCUT2D eigenvalue weighted by Gasteiger charge is 2.45. The lowest BCUT2D eigenvalue weighted by Gasteiger charge is -2.42. The van der Waals surface area contributed by atoms with Gasteiger partial charge in [0.2, 0.25) is 0 Å². The monoisotopic (exact) mass is 867 g/mol. The number of methoxy groups -OCH3 is 4. The number of thioether (sulfide) groups is 1. The van der Waals surface area contributed by atoms with Gasteiger partial charge in [-0.25, -0.2) is 9.48 Å². The summed E-state index contributed by atoms with van der Waals surface area (Å²) in [5.74, 6) is 3.50. The van der Waals surface area contributed by atoms with Crippen LogP contribution in [0.2, 0.25) is 0 Å². The van der Waals surface area contributed by atoms with Crippen molar-refractivity contribution in [2.24, 2.45) is 0 Å². The molecule has 3 aliphatic rings. The molecule has 324 valence electrons. The smallest absolute Gasteiger partial charge is 0.493 e. The average Bonchev–Trinajstić information content (AvgIpc) is 4.06. The molecule has 3 N–H and O–H groups in total. The number of carbonyl (C=O) groups excluding carboxylic acids is 1. The molecule has 5 unspecified atom stereocenters. The van der Waals surface area contributed by atoms with Crippen molar-refractivity contribution in [1.82, 2.24) is 30.5 Å². The van der Waals surface area contributed by atoms with E-state index in [2.05, 4.69) is 32.2 Å². The molecule has 2 aromatic carbocycles. The third-order valence-corrected chi connectivity index (χ3v) is 11.3. The Kier molecular flexibility index (Phi) is 13.4. The number of anilines is 1. The van der Waals surface area contributed by atoms with Gasteiger partial charge in [0, 0.05) is 6.20 Å². The maximum Gasteiger partial charge on any atom is 0.514 e. The van der Waals surface area contributed by atoms with E-state index in [0.29, 0.717) is 58.7 Å². The number of nitriles is 1. The molecule has 0 aliphatic carbocycles. The van der Waals surface area contributed by atoms with E-state index in [9.17, 15) is 20.2 Å². The molecular weight excluding hydrogens is 823 g/mol. The summed E-state index contributed by atoms with van der Waals surface area (Å²) in [6.07, 6.45) is 5.19. The number of carbonyl (C=O) groups is 1. The van der Waals surface area contributed by atoms with Crippen LogP contribution in [0, 0.1) is 21.4 Å². The Hall–Kier alpha value is -6.95. The summed E-state index contributed by atoms with van der Waals surface area (Å²) in [4.78, 5) is 26.9. The summed E-state index contributed by atoms with van der Waals surface area (Å²) in [5, 5.41) is 34.9. The van der Waals surface area contributed by atoms with Gasteiger partial charge in [-0.2, -0.15) is 15.4 Å². The highest BCUT2D eigenvalue weighted by molar-refractivity contribution is 8.02.